The van der Waals surface area contributed by atoms with Crippen LogP contribution in [0.2, 0.25) is 0 Å². The van der Waals surface area contributed by atoms with Crippen LogP contribution in [0.25, 0.3) is 0 Å². The summed E-state index contributed by atoms with van der Waals surface area (Å²) in [5, 5.41) is 12.8. The molecule has 2 aliphatic rings. The van der Waals surface area contributed by atoms with E-state index in [1.165, 1.54) is 0 Å². The molecule has 1 aliphatic heterocycles. The summed E-state index contributed by atoms with van der Waals surface area (Å²) >= 11 is 0. The van der Waals surface area contributed by atoms with Gasteiger partial charge in [-0.2, -0.15) is 0 Å². The number of nitrogens with zero attached hydrogens (tertiary/aromatic N) is 3. The van der Waals surface area contributed by atoms with Gasteiger partial charge in [0.25, 0.3) is 0 Å². The van der Waals surface area contributed by atoms with Crippen LogP contribution < -0.4 is 5.32 Å². The fourth-order valence-corrected chi connectivity index (χ4v) is 3.49. The summed E-state index contributed by atoms with van der Waals surface area (Å²) < 4.78 is 0. The number of amides is 1. The predicted molar refractivity (Wildman–Crippen MR) is 92.6 cm³/mol. The lowest BCUT2D eigenvalue weighted by Crippen LogP contribution is -2.41. The van der Waals surface area contributed by atoms with Gasteiger partial charge < -0.3 is 15.3 Å². The quantitative estimate of drug-likeness (QED) is 0.862. The number of hydrogen-bond acceptors (Lipinski definition) is 5. The number of hydrogen-bond donors (Lipinski definition) is 2. The number of aliphatic hydroxyl groups is 1. The maximum absolute atomic E-state index is 12.0. The van der Waals surface area contributed by atoms with Crippen LogP contribution in [0.1, 0.15) is 51.1 Å². The Morgan fingerprint density at radius 2 is 2.04 bits per heavy atom. The Hall–Kier alpha value is -1.69. The van der Waals surface area contributed by atoms with E-state index in [2.05, 4.69) is 15.3 Å². The van der Waals surface area contributed by atoms with Gasteiger partial charge in [0.15, 0.2) is 0 Å². The second kappa shape index (κ2) is 7.47. The Bertz CT molecular complexity index is 564. The van der Waals surface area contributed by atoms with Crippen molar-refractivity contribution in [2.75, 3.05) is 25.0 Å². The molecule has 6 heteroatoms. The number of piperidine rings is 1. The van der Waals surface area contributed by atoms with Crippen LogP contribution in [-0.4, -0.2) is 51.6 Å². The molecule has 0 radical (unpaired) electrons. The Kier molecular flexibility index (Phi) is 5.33. The normalized spacial score (nSPS) is 24.8. The van der Waals surface area contributed by atoms with Gasteiger partial charge in [0, 0.05) is 43.2 Å². The Labute approximate surface area is 143 Å². The summed E-state index contributed by atoms with van der Waals surface area (Å²) in [6.07, 6.45) is 5.13. The first-order valence-electron chi connectivity index (χ1n) is 9.05. The zero-order valence-electron chi connectivity index (χ0n) is 14.6. The van der Waals surface area contributed by atoms with E-state index in [1.807, 2.05) is 24.8 Å². The molecule has 1 aromatic heterocycles. The van der Waals surface area contributed by atoms with E-state index in [4.69, 9.17) is 0 Å². The molecule has 24 heavy (non-hydrogen) atoms. The first-order valence-corrected chi connectivity index (χ1v) is 9.05. The van der Waals surface area contributed by atoms with Gasteiger partial charge in [-0.15, -0.1) is 0 Å². The van der Waals surface area contributed by atoms with Gasteiger partial charge in [0.1, 0.15) is 12.1 Å². The highest BCUT2D eigenvalue weighted by molar-refractivity contribution is 5.78. The molecule has 3 rings (SSSR count). The van der Waals surface area contributed by atoms with Crippen molar-refractivity contribution in [3.8, 4) is 0 Å². The second-order valence-electron chi connectivity index (χ2n) is 7.45. The lowest BCUT2D eigenvalue weighted by molar-refractivity contribution is -0.135. The third kappa shape index (κ3) is 4.04. The number of nitrogens with one attached hydrogen (secondary N) is 1. The SMILES string of the molecule is CC(C)C(=O)N1CCC(CNc2cc(C3CC(O)C3)ncn2)CC1. The second-order valence-corrected chi connectivity index (χ2v) is 7.45. The fraction of sp³-hybridized carbons (Fsp3) is 0.722. The zero-order chi connectivity index (χ0) is 17.1. The van der Waals surface area contributed by atoms with Crippen LogP contribution in [0.5, 0.6) is 0 Å². The summed E-state index contributed by atoms with van der Waals surface area (Å²) in [7, 11) is 0. The van der Waals surface area contributed by atoms with E-state index in [9.17, 15) is 9.90 Å². The van der Waals surface area contributed by atoms with Crippen molar-refractivity contribution >= 4 is 11.7 Å². The van der Waals surface area contributed by atoms with Crippen LogP contribution in [0.15, 0.2) is 12.4 Å². The maximum atomic E-state index is 12.0. The minimum absolute atomic E-state index is 0.0872. The van der Waals surface area contributed by atoms with E-state index in [0.717, 1.165) is 56.8 Å². The average Bonchev–Trinajstić information content (AvgIpc) is 2.57. The number of anilines is 1. The summed E-state index contributed by atoms with van der Waals surface area (Å²) in [6, 6.07) is 2.01. The van der Waals surface area contributed by atoms with E-state index in [-0.39, 0.29) is 17.9 Å². The van der Waals surface area contributed by atoms with Crippen LogP contribution >= 0.6 is 0 Å². The molecule has 1 aliphatic carbocycles. The number of carbonyl (C=O) groups is 1. The molecule has 1 saturated heterocycles. The molecule has 0 unspecified atom stereocenters. The predicted octanol–water partition coefficient (Wildman–Crippen LogP) is 2.02. The van der Waals surface area contributed by atoms with Gasteiger partial charge in [0.2, 0.25) is 5.91 Å². The van der Waals surface area contributed by atoms with Crippen molar-refractivity contribution in [1.82, 2.24) is 14.9 Å². The van der Waals surface area contributed by atoms with Crippen LogP contribution in [0.4, 0.5) is 5.82 Å². The number of aromatic nitrogens is 2. The van der Waals surface area contributed by atoms with Crippen molar-refractivity contribution in [1.29, 1.82) is 0 Å². The standard InChI is InChI=1S/C18H28N4O2/c1-12(2)18(24)22-5-3-13(4-6-22)10-19-17-9-16(20-11-21-17)14-7-15(23)8-14/h9,11-15,23H,3-8,10H2,1-2H3,(H,19,20,21). The number of rotatable bonds is 5. The van der Waals surface area contributed by atoms with Crippen LogP contribution in [0.3, 0.4) is 0 Å². The van der Waals surface area contributed by atoms with E-state index < -0.39 is 0 Å². The van der Waals surface area contributed by atoms with Gasteiger partial charge in [0.05, 0.1) is 6.10 Å². The van der Waals surface area contributed by atoms with Gasteiger partial charge in [-0.3, -0.25) is 4.79 Å². The molecular weight excluding hydrogens is 304 g/mol. The summed E-state index contributed by atoms with van der Waals surface area (Å²) in [4.78, 5) is 22.6. The van der Waals surface area contributed by atoms with Crippen molar-refractivity contribution in [2.45, 2.75) is 51.6 Å². The molecule has 0 spiro atoms. The average molecular weight is 332 g/mol. The molecule has 1 saturated carbocycles. The highest BCUT2D eigenvalue weighted by atomic mass is 16.3. The van der Waals surface area contributed by atoms with Gasteiger partial charge in [-0.25, -0.2) is 9.97 Å². The Balaban J connectivity index is 1.45. The molecule has 0 aromatic carbocycles. The first kappa shape index (κ1) is 17.1. The molecule has 2 heterocycles. The number of aliphatic hydroxyl groups excluding tert-OH is 1. The lowest BCUT2D eigenvalue weighted by Gasteiger charge is -2.33. The smallest absolute Gasteiger partial charge is 0.225 e. The fourth-order valence-electron chi connectivity index (χ4n) is 3.49. The molecule has 0 atom stereocenters. The number of likely N-dealkylation sites (tertiary alicyclic amines) is 1. The van der Waals surface area contributed by atoms with Crippen molar-refractivity contribution in [3.05, 3.63) is 18.1 Å². The van der Waals surface area contributed by atoms with Crippen LogP contribution in [0, 0.1) is 11.8 Å². The molecule has 2 fully saturated rings. The summed E-state index contributed by atoms with van der Waals surface area (Å²) in [5.41, 5.74) is 1.02. The molecule has 0 bridgehead atoms. The van der Waals surface area contributed by atoms with Gasteiger partial charge >= 0.3 is 0 Å². The largest absolute Gasteiger partial charge is 0.393 e. The Morgan fingerprint density at radius 3 is 2.67 bits per heavy atom. The monoisotopic (exact) mass is 332 g/mol. The molecule has 1 amide bonds. The van der Waals surface area contributed by atoms with Crippen molar-refractivity contribution in [3.63, 3.8) is 0 Å². The Morgan fingerprint density at radius 1 is 1.33 bits per heavy atom. The topological polar surface area (TPSA) is 78.4 Å². The summed E-state index contributed by atoms with van der Waals surface area (Å²) in [6.45, 7) is 6.53. The first-order chi connectivity index (χ1) is 11.5. The highest BCUT2D eigenvalue weighted by Gasteiger charge is 2.30. The molecular formula is C18H28N4O2. The molecule has 132 valence electrons. The zero-order valence-corrected chi connectivity index (χ0v) is 14.6. The third-order valence-electron chi connectivity index (χ3n) is 5.21. The highest BCUT2D eigenvalue weighted by Crippen LogP contribution is 2.36. The third-order valence-corrected chi connectivity index (χ3v) is 5.21. The minimum Gasteiger partial charge on any atom is -0.393 e. The minimum atomic E-state index is -0.167. The van der Waals surface area contributed by atoms with E-state index in [1.54, 1.807) is 6.33 Å². The van der Waals surface area contributed by atoms with E-state index >= 15 is 0 Å². The maximum Gasteiger partial charge on any atom is 0.225 e. The van der Waals surface area contributed by atoms with Gasteiger partial charge in [-0.05, 0) is 31.6 Å². The van der Waals surface area contributed by atoms with Gasteiger partial charge in [-0.1, -0.05) is 13.8 Å². The van der Waals surface area contributed by atoms with Crippen LogP contribution in [-0.2, 0) is 4.79 Å². The molecule has 6 nitrogen and oxygen atoms in total. The summed E-state index contributed by atoms with van der Waals surface area (Å²) in [5.74, 6) is 2.16. The van der Waals surface area contributed by atoms with Crippen molar-refractivity contribution in [2.24, 2.45) is 11.8 Å². The van der Waals surface area contributed by atoms with E-state index in [0.29, 0.717) is 11.8 Å². The lowest BCUT2D eigenvalue weighted by atomic mass is 9.80. The number of carbonyl (C=O) groups excluding carboxylic acids is 1. The van der Waals surface area contributed by atoms with Crippen molar-refractivity contribution < 1.29 is 9.90 Å². The molecule has 2 N–H and O–H groups in total. The molecule has 1 aromatic rings.